The van der Waals surface area contributed by atoms with Crippen LogP contribution in [-0.4, -0.2) is 15.7 Å². The molecule has 0 amide bonds. The maximum atomic E-state index is 11.3. The van der Waals surface area contributed by atoms with Crippen LogP contribution >= 0.6 is 0 Å². The van der Waals surface area contributed by atoms with E-state index in [0.717, 1.165) is 39.5 Å². The summed E-state index contributed by atoms with van der Waals surface area (Å²) in [6.45, 7) is 2.05. The first-order valence-corrected chi connectivity index (χ1v) is 11.3. The first-order chi connectivity index (χ1) is 17.1. The third-order valence-corrected chi connectivity index (χ3v) is 5.85. The van der Waals surface area contributed by atoms with E-state index in [-0.39, 0.29) is 10.6 Å². The fraction of sp³-hybridized carbons (Fsp3) is 0.0333. The van der Waals surface area contributed by atoms with Crippen molar-refractivity contribution in [2.24, 2.45) is 4.99 Å². The van der Waals surface area contributed by atoms with Gasteiger partial charge < -0.3 is 4.57 Å². The Labute approximate surface area is 203 Å². The average molecular weight is 458 g/mol. The Morgan fingerprint density at radius 1 is 0.771 bits per heavy atom. The fourth-order valence-corrected chi connectivity index (χ4v) is 4.11. The standard InChI is InChI=1S/C30H23N3O2/c1-22-12-14-26(15-13-22)31-21-25-20-29(23-8-4-2-5-9-23)32(30(25)24-10-6-3-7-11-24)27-16-18-28(19-17-27)33(34)35/h2-21H,1H3. The highest BCUT2D eigenvalue weighted by molar-refractivity contribution is 5.94. The Kier molecular flexibility index (Phi) is 6.05. The summed E-state index contributed by atoms with van der Waals surface area (Å²) in [5.74, 6) is 0. The monoisotopic (exact) mass is 457 g/mol. The number of rotatable bonds is 6. The molecule has 0 unspecified atom stereocenters. The van der Waals surface area contributed by atoms with Crippen LogP contribution in [0, 0.1) is 17.0 Å². The molecule has 0 saturated heterocycles. The molecule has 0 aliphatic carbocycles. The van der Waals surface area contributed by atoms with Gasteiger partial charge in [0.1, 0.15) is 0 Å². The third kappa shape index (κ3) is 4.66. The lowest BCUT2D eigenvalue weighted by atomic mass is 10.1. The Balaban J connectivity index is 1.75. The van der Waals surface area contributed by atoms with E-state index >= 15 is 0 Å². The smallest absolute Gasteiger partial charge is 0.269 e. The number of nitro benzene ring substituents is 1. The molecule has 0 bridgehead atoms. The number of nitro groups is 1. The predicted molar refractivity (Wildman–Crippen MR) is 142 cm³/mol. The van der Waals surface area contributed by atoms with Gasteiger partial charge in [-0.3, -0.25) is 15.1 Å². The predicted octanol–water partition coefficient (Wildman–Crippen LogP) is 7.78. The third-order valence-electron chi connectivity index (χ3n) is 5.85. The van der Waals surface area contributed by atoms with Crippen molar-refractivity contribution in [3.63, 3.8) is 0 Å². The summed E-state index contributed by atoms with van der Waals surface area (Å²) in [7, 11) is 0. The minimum atomic E-state index is -0.380. The van der Waals surface area contributed by atoms with Crippen molar-refractivity contribution >= 4 is 17.6 Å². The molecule has 0 spiro atoms. The van der Waals surface area contributed by atoms with Crippen molar-refractivity contribution in [3.8, 4) is 28.2 Å². The Morgan fingerprint density at radius 3 is 1.97 bits per heavy atom. The molecule has 170 valence electrons. The van der Waals surface area contributed by atoms with Gasteiger partial charge >= 0.3 is 0 Å². The topological polar surface area (TPSA) is 60.4 Å². The van der Waals surface area contributed by atoms with Gasteiger partial charge in [0.25, 0.3) is 5.69 Å². The van der Waals surface area contributed by atoms with Gasteiger partial charge in [-0.2, -0.15) is 0 Å². The van der Waals surface area contributed by atoms with Crippen molar-refractivity contribution in [1.82, 2.24) is 4.57 Å². The highest BCUT2D eigenvalue weighted by Crippen LogP contribution is 2.36. The maximum absolute atomic E-state index is 11.3. The Bertz CT molecular complexity index is 1490. The minimum Gasteiger partial charge on any atom is -0.309 e. The first kappa shape index (κ1) is 22.0. The lowest BCUT2D eigenvalue weighted by molar-refractivity contribution is -0.384. The first-order valence-electron chi connectivity index (χ1n) is 11.3. The molecule has 1 heterocycles. The summed E-state index contributed by atoms with van der Waals surface area (Å²) in [5, 5.41) is 11.3. The van der Waals surface area contributed by atoms with E-state index in [4.69, 9.17) is 4.99 Å². The van der Waals surface area contributed by atoms with Crippen molar-refractivity contribution in [3.05, 3.63) is 137 Å². The van der Waals surface area contributed by atoms with E-state index in [1.807, 2.05) is 66.9 Å². The van der Waals surface area contributed by atoms with Crippen LogP contribution < -0.4 is 0 Å². The molecule has 35 heavy (non-hydrogen) atoms. The molecule has 0 atom stereocenters. The number of nitrogens with zero attached hydrogens (tertiary/aromatic N) is 3. The summed E-state index contributed by atoms with van der Waals surface area (Å²) in [6.07, 6.45) is 1.89. The van der Waals surface area contributed by atoms with Crippen molar-refractivity contribution in [1.29, 1.82) is 0 Å². The molecule has 0 saturated carbocycles. The number of hydrogen-bond donors (Lipinski definition) is 0. The molecule has 5 rings (SSSR count). The second-order valence-electron chi connectivity index (χ2n) is 8.27. The van der Waals surface area contributed by atoms with Gasteiger partial charge in [0.05, 0.1) is 22.0 Å². The van der Waals surface area contributed by atoms with Gasteiger partial charge in [0.2, 0.25) is 0 Å². The van der Waals surface area contributed by atoms with Gasteiger partial charge in [-0.25, -0.2) is 0 Å². The number of hydrogen-bond acceptors (Lipinski definition) is 3. The fourth-order valence-electron chi connectivity index (χ4n) is 4.11. The highest BCUT2D eigenvalue weighted by atomic mass is 16.6. The van der Waals surface area contributed by atoms with Crippen molar-refractivity contribution in [2.45, 2.75) is 6.92 Å². The SMILES string of the molecule is Cc1ccc(N=Cc2cc(-c3ccccc3)n(-c3ccc([N+](=O)[O-])cc3)c2-c2ccccc2)cc1. The average Bonchev–Trinajstić information content (AvgIpc) is 3.29. The molecule has 5 nitrogen and oxygen atoms in total. The van der Waals surface area contributed by atoms with E-state index < -0.39 is 0 Å². The van der Waals surface area contributed by atoms with Crippen LogP contribution in [0.5, 0.6) is 0 Å². The Morgan fingerprint density at radius 2 is 1.37 bits per heavy atom. The van der Waals surface area contributed by atoms with Crippen LogP contribution in [0.1, 0.15) is 11.1 Å². The van der Waals surface area contributed by atoms with Gasteiger partial charge in [0.15, 0.2) is 0 Å². The molecular formula is C30H23N3O2. The molecule has 0 aliphatic rings. The number of aryl methyl sites for hydroxylation is 1. The molecule has 0 N–H and O–H groups in total. The van der Waals surface area contributed by atoms with E-state index in [2.05, 4.69) is 41.8 Å². The zero-order valence-electron chi connectivity index (χ0n) is 19.2. The highest BCUT2D eigenvalue weighted by Gasteiger charge is 2.19. The van der Waals surface area contributed by atoms with E-state index in [1.165, 1.54) is 5.56 Å². The zero-order valence-corrected chi connectivity index (χ0v) is 19.2. The van der Waals surface area contributed by atoms with Crippen molar-refractivity contribution < 1.29 is 4.92 Å². The van der Waals surface area contributed by atoms with E-state index in [0.29, 0.717) is 0 Å². The normalized spacial score (nSPS) is 11.1. The summed E-state index contributed by atoms with van der Waals surface area (Å²) >= 11 is 0. The van der Waals surface area contributed by atoms with Gasteiger partial charge in [0, 0.05) is 29.6 Å². The quantitative estimate of drug-likeness (QED) is 0.148. The molecular weight excluding hydrogens is 434 g/mol. The van der Waals surface area contributed by atoms with E-state index in [9.17, 15) is 10.1 Å². The summed E-state index contributed by atoms with van der Waals surface area (Å²) in [5.41, 5.74) is 7.92. The van der Waals surface area contributed by atoms with E-state index in [1.54, 1.807) is 24.3 Å². The lowest BCUT2D eigenvalue weighted by Gasteiger charge is -2.15. The number of benzene rings is 4. The molecule has 0 radical (unpaired) electrons. The minimum absolute atomic E-state index is 0.0598. The number of aromatic nitrogens is 1. The summed E-state index contributed by atoms with van der Waals surface area (Å²) < 4.78 is 2.14. The second-order valence-corrected chi connectivity index (χ2v) is 8.27. The molecule has 0 aliphatic heterocycles. The van der Waals surface area contributed by atoms with Gasteiger partial charge in [-0.1, -0.05) is 78.4 Å². The molecule has 1 aromatic heterocycles. The number of non-ortho nitro benzene ring substituents is 1. The zero-order chi connectivity index (χ0) is 24.2. The van der Waals surface area contributed by atoms with Crippen LogP contribution in [0.2, 0.25) is 0 Å². The van der Waals surface area contributed by atoms with Crippen LogP contribution in [0.25, 0.3) is 28.2 Å². The van der Waals surface area contributed by atoms with Crippen LogP contribution in [0.3, 0.4) is 0 Å². The second kappa shape index (κ2) is 9.61. The lowest BCUT2D eigenvalue weighted by Crippen LogP contribution is -2.01. The molecule has 5 heteroatoms. The molecule has 0 fully saturated rings. The summed E-state index contributed by atoms with van der Waals surface area (Å²) in [4.78, 5) is 15.6. The molecule has 5 aromatic rings. The maximum Gasteiger partial charge on any atom is 0.269 e. The summed E-state index contributed by atoms with van der Waals surface area (Å²) in [6, 6.07) is 37.1. The van der Waals surface area contributed by atoms with Crippen LogP contribution in [-0.2, 0) is 0 Å². The van der Waals surface area contributed by atoms with Gasteiger partial charge in [-0.15, -0.1) is 0 Å². The number of aliphatic imine (C=N–C) groups is 1. The van der Waals surface area contributed by atoms with Gasteiger partial charge in [-0.05, 0) is 48.4 Å². The Hall–Kier alpha value is -4.77. The molecule has 4 aromatic carbocycles. The van der Waals surface area contributed by atoms with Crippen molar-refractivity contribution in [2.75, 3.05) is 0 Å². The van der Waals surface area contributed by atoms with Crippen LogP contribution in [0.15, 0.2) is 120 Å². The largest absolute Gasteiger partial charge is 0.309 e. The van der Waals surface area contributed by atoms with Crippen LogP contribution in [0.4, 0.5) is 11.4 Å².